The number of anilines is 1. The first-order chi connectivity index (χ1) is 9.17. The second kappa shape index (κ2) is 4.26. The van der Waals surface area contributed by atoms with Gasteiger partial charge >= 0.3 is 6.09 Å². The molecule has 1 saturated heterocycles. The molecule has 0 radical (unpaired) electrons. The number of ether oxygens (including phenoxy) is 1. The van der Waals surface area contributed by atoms with E-state index in [1.54, 1.807) is 4.90 Å². The number of piperidine rings is 1. The van der Waals surface area contributed by atoms with E-state index in [-0.39, 0.29) is 12.0 Å². The third kappa shape index (κ3) is 1.69. The molecule has 0 aromatic heterocycles. The van der Waals surface area contributed by atoms with Crippen LogP contribution in [0.15, 0.2) is 24.3 Å². The van der Waals surface area contributed by atoms with Gasteiger partial charge in [-0.25, -0.2) is 4.79 Å². The van der Waals surface area contributed by atoms with Crippen molar-refractivity contribution in [2.45, 2.75) is 18.3 Å². The Bertz CT molecular complexity index is 533. The summed E-state index contributed by atoms with van der Waals surface area (Å²) in [5.74, 6) is 0.0539. The lowest BCUT2D eigenvalue weighted by atomic mass is 9.74. The molecule has 2 heterocycles. The summed E-state index contributed by atoms with van der Waals surface area (Å²) in [5.41, 5.74) is 1.49. The SMILES string of the molecule is COC(=O)N1CCC2(CC1)C(=O)Nc1ccccc12. The number of carbonyl (C=O) groups excluding carboxylic acids is 2. The van der Waals surface area contributed by atoms with Crippen LogP contribution in [0.4, 0.5) is 10.5 Å². The largest absolute Gasteiger partial charge is 0.453 e. The van der Waals surface area contributed by atoms with Crippen molar-refractivity contribution in [3.8, 4) is 0 Å². The van der Waals surface area contributed by atoms with Gasteiger partial charge in [0.05, 0.1) is 12.5 Å². The Balaban J connectivity index is 1.87. The van der Waals surface area contributed by atoms with E-state index in [1.807, 2.05) is 24.3 Å². The number of para-hydroxylation sites is 1. The molecule has 3 rings (SSSR count). The molecule has 1 aromatic carbocycles. The first kappa shape index (κ1) is 12.0. The fraction of sp³-hybridized carbons (Fsp3) is 0.429. The van der Waals surface area contributed by atoms with Crippen molar-refractivity contribution in [1.82, 2.24) is 4.90 Å². The topological polar surface area (TPSA) is 58.6 Å². The first-order valence-corrected chi connectivity index (χ1v) is 6.41. The molecule has 5 heteroatoms. The zero-order valence-corrected chi connectivity index (χ0v) is 10.8. The number of fused-ring (bicyclic) bond motifs is 2. The van der Waals surface area contributed by atoms with Crippen LogP contribution in [-0.2, 0) is 14.9 Å². The first-order valence-electron chi connectivity index (χ1n) is 6.41. The maximum atomic E-state index is 12.3. The third-order valence-corrected chi connectivity index (χ3v) is 4.18. The third-order valence-electron chi connectivity index (χ3n) is 4.18. The highest BCUT2D eigenvalue weighted by Crippen LogP contribution is 2.44. The zero-order chi connectivity index (χ0) is 13.5. The highest BCUT2D eigenvalue weighted by molar-refractivity contribution is 6.06. The molecular formula is C14H16N2O3. The zero-order valence-electron chi connectivity index (χ0n) is 10.8. The minimum atomic E-state index is -0.471. The number of hydrogen-bond donors (Lipinski definition) is 1. The fourth-order valence-corrected chi connectivity index (χ4v) is 3.07. The average molecular weight is 260 g/mol. The minimum absolute atomic E-state index is 0.0539. The standard InChI is InChI=1S/C14H16N2O3/c1-19-13(18)16-8-6-14(7-9-16)10-4-2-3-5-11(10)15-12(14)17/h2-5H,6-9H2,1H3,(H,15,17). The summed E-state index contributed by atoms with van der Waals surface area (Å²) >= 11 is 0. The van der Waals surface area contributed by atoms with E-state index in [0.29, 0.717) is 25.9 Å². The molecule has 100 valence electrons. The van der Waals surface area contributed by atoms with Crippen LogP contribution in [0.2, 0.25) is 0 Å². The summed E-state index contributed by atoms with van der Waals surface area (Å²) in [7, 11) is 1.38. The second-order valence-corrected chi connectivity index (χ2v) is 5.04. The summed E-state index contributed by atoms with van der Waals surface area (Å²) in [6.07, 6.45) is 0.970. The number of likely N-dealkylation sites (tertiary alicyclic amines) is 1. The summed E-state index contributed by atoms with van der Waals surface area (Å²) in [4.78, 5) is 25.5. The van der Waals surface area contributed by atoms with Gasteiger partial charge in [0.2, 0.25) is 5.91 Å². The number of carbonyl (C=O) groups is 2. The van der Waals surface area contributed by atoms with Crippen molar-refractivity contribution in [3.63, 3.8) is 0 Å². The van der Waals surface area contributed by atoms with Gasteiger partial charge in [-0.1, -0.05) is 18.2 Å². The molecule has 1 fully saturated rings. The van der Waals surface area contributed by atoms with E-state index in [1.165, 1.54) is 7.11 Å². The highest BCUT2D eigenvalue weighted by atomic mass is 16.5. The number of amides is 2. The number of hydrogen-bond acceptors (Lipinski definition) is 3. The summed E-state index contributed by atoms with van der Waals surface area (Å²) in [5, 5.41) is 2.94. The Kier molecular flexibility index (Phi) is 2.69. The van der Waals surface area contributed by atoms with Crippen LogP contribution in [0.3, 0.4) is 0 Å². The van der Waals surface area contributed by atoms with Gasteiger partial charge in [0.25, 0.3) is 0 Å². The number of methoxy groups -OCH3 is 1. The van der Waals surface area contributed by atoms with Gasteiger partial charge < -0.3 is 15.0 Å². The number of nitrogens with one attached hydrogen (secondary N) is 1. The van der Waals surface area contributed by atoms with Crippen molar-refractivity contribution in [1.29, 1.82) is 0 Å². The Hall–Kier alpha value is -2.04. The van der Waals surface area contributed by atoms with E-state index < -0.39 is 5.41 Å². The van der Waals surface area contributed by atoms with E-state index in [9.17, 15) is 9.59 Å². The lowest BCUT2D eigenvalue weighted by Crippen LogP contribution is -2.48. The van der Waals surface area contributed by atoms with Crippen molar-refractivity contribution < 1.29 is 14.3 Å². The number of rotatable bonds is 0. The molecule has 0 bridgehead atoms. The van der Waals surface area contributed by atoms with Gasteiger partial charge in [0, 0.05) is 18.8 Å². The maximum Gasteiger partial charge on any atom is 0.409 e. The van der Waals surface area contributed by atoms with Crippen LogP contribution in [0.1, 0.15) is 18.4 Å². The Morgan fingerprint density at radius 1 is 1.32 bits per heavy atom. The van der Waals surface area contributed by atoms with Gasteiger partial charge in [0.1, 0.15) is 0 Å². The Labute approximate surface area is 111 Å². The van der Waals surface area contributed by atoms with Crippen LogP contribution in [0.25, 0.3) is 0 Å². The summed E-state index contributed by atoms with van der Waals surface area (Å²) in [6.45, 7) is 1.10. The molecule has 0 saturated carbocycles. The minimum Gasteiger partial charge on any atom is -0.453 e. The molecule has 0 unspecified atom stereocenters. The van der Waals surface area contributed by atoms with Gasteiger partial charge in [-0.3, -0.25) is 4.79 Å². The van der Waals surface area contributed by atoms with Gasteiger partial charge in [-0.15, -0.1) is 0 Å². The average Bonchev–Trinajstić information content (AvgIpc) is 2.72. The molecule has 0 atom stereocenters. The highest BCUT2D eigenvalue weighted by Gasteiger charge is 2.48. The number of nitrogens with zero attached hydrogens (tertiary/aromatic N) is 1. The smallest absolute Gasteiger partial charge is 0.409 e. The van der Waals surface area contributed by atoms with E-state index >= 15 is 0 Å². The lowest BCUT2D eigenvalue weighted by Gasteiger charge is -2.37. The quantitative estimate of drug-likeness (QED) is 0.773. The van der Waals surface area contributed by atoms with Gasteiger partial charge in [-0.2, -0.15) is 0 Å². The molecule has 19 heavy (non-hydrogen) atoms. The normalized spacial score (nSPS) is 20.1. The lowest BCUT2D eigenvalue weighted by molar-refractivity contribution is -0.122. The summed E-state index contributed by atoms with van der Waals surface area (Å²) < 4.78 is 4.72. The second-order valence-electron chi connectivity index (χ2n) is 5.04. The van der Waals surface area contributed by atoms with E-state index in [4.69, 9.17) is 4.74 Å². The molecule has 1 N–H and O–H groups in total. The Morgan fingerprint density at radius 3 is 2.68 bits per heavy atom. The predicted molar refractivity (Wildman–Crippen MR) is 70.0 cm³/mol. The van der Waals surface area contributed by atoms with Gasteiger partial charge in [-0.05, 0) is 24.5 Å². The molecule has 2 amide bonds. The van der Waals surface area contributed by atoms with Crippen LogP contribution < -0.4 is 5.32 Å². The predicted octanol–water partition coefficient (Wildman–Crippen LogP) is 1.74. The number of benzene rings is 1. The fourth-order valence-electron chi connectivity index (χ4n) is 3.07. The van der Waals surface area contributed by atoms with Crippen molar-refractivity contribution >= 4 is 17.7 Å². The van der Waals surface area contributed by atoms with E-state index in [2.05, 4.69) is 5.32 Å². The van der Waals surface area contributed by atoms with Crippen molar-refractivity contribution in [2.75, 3.05) is 25.5 Å². The molecule has 5 nitrogen and oxygen atoms in total. The van der Waals surface area contributed by atoms with Crippen molar-refractivity contribution in [2.24, 2.45) is 0 Å². The van der Waals surface area contributed by atoms with Crippen LogP contribution in [0.5, 0.6) is 0 Å². The molecule has 2 aliphatic heterocycles. The van der Waals surface area contributed by atoms with Crippen LogP contribution in [0, 0.1) is 0 Å². The molecule has 0 aliphatic carbocycles. The summed E-state index contributed by atoms with van der Waals surface area (Å²) in [6, 6.07) is 7.80. The van der Waals surface area contributed by atoms with Crippen LogP contribution >= 0.6 is 0 Å². The maximum absolute atomic E-state index is 12.3. The Morgan fingerprint density at radius 2 is 2.00 bits per heavy atom. The van der Waals surface area contributed by atoms with Crippen LogP contribution in [-0.4, -0.2) is 37.1 Å². The monoisotopic (exact) mass is 260 g/mol. The molecule has 1 aromatic rings. The molecule has 1 spiro atoms. The van der Waals surface area contributed by atoms with Crippen molar-refractivity contribution in [3.05, 3.63) is 29.8 Å². The molecular weight excluding hydrogens is 244 g/mol. The van der Waals surface area contributed by atoms with E-state index in [0.717, 1.165) is 11.3 Å². The van der Waals surface area contributed by atoms with Gasteiger partial charge in [0.15, 0.2) is 0 Å². The molecule has 2 aliphatic rings.